The van der Waals surface area contributed by atoms with Crippen molar-refractivity contribution in [3.05, 3.63) is 65.5 Å². The molecule has 4 nitrogen and oxygen atoms in total. The van der Waals surface area contributed by atoms with Crippen molar-refractivity contribution in [2.75, 3.05) is 18.6 Å². The molecule has 1 fully saturated rings. The first-order valence-corrected chi connectivity index (χ1v) is 10.8. The van der Waals surface area contributed by atoms with E-state index in [1.54, 1.807) is 4.90 Å². The van der Waals surface area contributed by atoms with Crippen molar-refractivity contribution >= 4 is 40.5 Å². The molecule has 4 rings (SSSR count). The van der Waals surface area contributed by atoms with Crippen molar-refractivity contribution in [2.24, 2.45) is 0 Å². The lowest BCUT2D eigenvalue weighted by molar-refractivity contribution is 0.0782. The molecule has 3 aromatic rings. The molecule has 1 saturated heterocycles. The largest absolute Gasteiger partial charge is 0.340 e. The van der Waals surface area contributed by atoms with E-state index in [-0.39, 0.29) is 5.91 Å². The molecule has 1 aromatic heterocycles. The van der Waals surface area contributed by atoms with Crippen molar-refractivity contribution < 1.29 is 4.79 Å². The summed E-state index contributed by atoms with van der Waals surface area (Å²) < 4.78 is 0.501. The van der Waals surface area contributed by atoms with Gasteiger partial charge >= 0.3 is 0 Å². The lowest BCUT2D eigenvalue weighted by atomic mass is 10.1. The fraction of sp³-hybridized carbons (Fsp3) is 0.300. The van der Waals surface area contributed by atoms with E-state index in [0.717, 1.165) is 22.4 Å². The third-order valence-corrected chi connectivity index (χ3v) is 7.44. The van der Waals surface area contributed by atoms with Crippen LogP contribution in [0.3, 0.4) is 0 Å². The number of H-pyrrole nitrogens is 1. The molecule has 2 aromatic carbocycles. The van der Waals surface area contributed by atoms with Crippen LogP contribution in [0.5, 0.6) is 0 Å². The third kappa shape index (κ3) is 3.76. The Labute approximate surface area is 161 Å². The van der Waals surface area contributed by atoms with Crippen molar-refractivity contribution in [3.63, 3.8) is 0 Å². The number of carbonyl (C=O) groups is 1. The summed E-state index contributed by atoms with van der Waals surface area (Å²) in [5, 5.41) is 0. The normalized spacial score (nSPS) is 15.3. The Morgan fingerprint density at radius 1 is 1.15 bits per heavy atom. The van der Waals surface area contributed by atoms with E-state index in [2.05, 4.69) is 22.1 Å². The van der Waals surface area contributed by atoms with Gasteiger partial charge in [0.15, 0.2) is 0 Å². The monoisotopic (exact) mass is 383 g/mol. The number of fused-ring (bicyclic) bond motifs is 1. The Hall–Kier alpha value is -1.92. The molecule has 26 heavy (non-hydrogen) atoms. The molecule has 0 aliphatic carbocycles. The number of nitrogens with one attached hydrogen (secondary N) is 1. The summed E-state index contributed by atoms with van der Waals surface area (Å²) in [5.41, 5.74) is 3.94. The van der Waals surface area contributed by atoms with Gasteiger partial charge in [-0.25, -0.2) is 4.98 Å². The minimum absolute atomic E-state index is 0.0148. The minimum Gasteiger partial charge on any atom is -0.340 e. The number of nitrogens with zero attached hydrogens (tertiary/aromatic N) is 2. The fourth-order valence-corrected chi connectivity index (χ4v) is 5.95. The number of aromatic nitrogens is 2. The molecule has 0 atom stereocenters. The number of hydrogen-bond donors (Lipinski definition) is 1. The first kappa shape index (κ1) is 17.5. The van der Waals surface area contributed by atoms with Gasteiger partial charge < -0.3 is 9.88 Å². The van der Waals surface area contributed by atoms with Crippen LogP contribution < -0.4 is 0 Å². The van der Waals surface area contributed by atoms with Crippen LogP contribution in [-0.2, 0) is 6.54 Å². The van der Waals surface area contributed by atoms with Crippen LogP contribution in [0.1, 0.15) is 32.7 Å². The van der Waals surface area contributed by atoms with Gasteiger partial charge in [-0.3, -0.25) is 4.79 Å². The number of para-hydroxylation sites is 2. The maximum absolute atomic E-state index is 12.7. The van der Waals surface area contributed by atoms with Gasteiger partial charge in [0.05, 0.1) is 22.2 Å². The molecule has 2 heterocycles. The molecular formula is C20H21N3OS2. The second kappa shape index (κ2) is 7.76. The van der Waals surface area contributed by atoms with E-state index < -0.39 is 0 Å². The average molecular weight is 384 g/mol. The van der Waals surface area contributed by atoms with Crippen LogP contribution in [0.4, 0.5) is 0 Å². The maximum atomic E-state index is 12.7. The van der Waals surface area contributed by atoms with Gasteiger partial charge in [-0.2, -0.15) is 0 Å². The number of hydrogen-bond acceptors (Lipinski definition) is 4. The molecule has 0 spiro atoms. The van der Waals surface area contributed by atoms with E-state index in [0.29, 0.717) is 11.1 Å². The van der Waals surface area contributed by atoms with Gasteiger partial charge in [0.2, 0.25) is 0 Å². The Morgan fingerprint density at radius 3 is 2.62 bits per heavy atom. The van der Waals surface area contributed by atoms with Gasteiger partial charge in [-0.05, 0) is 47.8 Å². The van der Waals surface area contributed by atoms with Crippen molar-refractivity contribution in [1.82, 2.24) is 14.9 Å². The number of aromatic amines is 1. The van der Waals surface area contributed by atoms with E-state index in [1.165, 1.54) is 23.5 Å². The van der Waals surface area contributed by atoms with Crippen LogP contribution in [0.25, 0.3) is 11.0 Å². The molecule has 134 valence electrons. The highest BCUT2D eigenvalue weighted by Gasteiger charge is 2.18. The fourth-order valence-electron chi connectivity index (χ4n) is 3.06. The predicted molar refractivity (Wildman–Crippen MR) is 111 cm³/mol. The molecule has 0 saturated carbocycles. The van der Waals surface area contributed by atoms with Crippen LogP contribution in [-0.4, -0.2) is 39.3 Å². The highest BCUT2D eigenvalue weighted by molar-refractivity contribution is 8.16. The zero-order valence-electron chi connectivity index (χ0n) is 14.6. The van der Waals surface area contributed by atoms with E-state index in [9.17, 15) is 4.79 Å². The Balaban J connectivity index is 1.44. The molecule has 1 N–H and O–H groups in total. The summed E-state index contributed by atoms with van der Waals surface area (Å²) in [7, 11) is 1.82. The van der Waals surface area contributed by atoms with E-state index >= 15 is 0 Å². The Bertz CT molecular complexity index is 868. The second-order valence-corrected chi connectivity index (χ2v) is 9.14. The number of carbonyl (C=O) groups excluding carboxylic acids is 1. The van der Waals surface area contributed by atoms with Gasteiger partial charge in [0.1, 0.15) is 5.82 Å². The van der Waals surface area contributed by atoms with Crippen LogP contribution in [0, 0.1) is 0 Å². The van der Waals surface area contributed by atoms with Crippen molar-refractivity contribution in [2.45, 2.75) is 17.5 Å². The lowest BCUT2D eigenvalue weighted by Gasteiger charge is -2.21. The molecule has 1 aliphatic heterocycles. The molecular weight excluding hydrogens is 362 g/mol. The predicted octanol–water partition coefficient (Wildman–Crippen LogP) is 4.70. The molecule has 0 bridgehead atoms. The highest BCUT2D eigenvalue weighted by Crippen LogP contribution is 2.43. The summed E-state index contributed by atoms with van der Waals surface area (Å²) >= 11 is 3.99. The van der Waals surface area contributed by atoms with Gasteiger partial charge in [0, 0.05) is 12.6 Å². The maximum Gasteiger partial charge on any atom is 0.253 e. The molecule has 0 unspecified atom stereocenters. The summed E-state index contributed by atoms with van der Waals surface area (Å²) in [4.78, 5) is 22.3. The second-order valence-electron chi connectivity index (χ2n) is 6.41. The molecule has 1 amide bonds. The van der Waals surface area contributed by atoms with E-state index in [4.69, 9.17) is 0 Å². The average Bonchev–Trinajstić information content (AvgIpc) is 3.10. The zero-order chi connectivity index (χ0) is 17.9. The summed E-state index contributed by atoms with van der Waals surface area (Å²) in [6.07, 6.45) is 1.29. The summed E-state index contributed by atoms with van der Waals surface area (Å²) in [6, 6.07) is 16.0. The first-order valence-electron chi connectivity index (χ1n) is 8.73. The van der Waals surface area contributed by atoms with Crippen LogP contribution in [0.15, 0.2) is 48.5 Å². The van der Waals surface area contributed by atoms with Crippen LogP contribution >= 0.6 is 23.5 Å². The standard InChI is InChI=1S/C20H21N3OS2/c1-23(13-18-21-16-5-2-3-6-17(16)22-18)19(24)14-7-9-15(10-8-14)20-25-11-4-12-26-20/h2-3,5-10,20H,4,11-13H2,1H3,(H,21,22). The number of thioether (sulfide) groups is 2. The summed E-state index contributed by atoms with van der Waals surface area (Å²) in [5.74, 6) is 3.26. The Morgan fingerprint density at radius 2 is 1.88 bits per heavy atom. The SMILES string of the molecule is CN(Cc1nc2ccccc2[nH]1)C(=O)c1ccc(C2SCCCS2)cc1. The van der Waals surface area contributed by atoms with Gasteiger partial charge in [-0.15, -0.1) is 23.5 Å². The topological polar surface area (TPSA) is 49.0 Å². The lowest BCUT2D eigenvalue weighted by Crippen LogP contribution is -2.26. The smallest absolute Gasteiger partial charge is 0.253 e. The molecule has 1 aliphatic rings. The molecule has 0 radical (unpaired) electrons. The van der Waals surface area contributed by atoms with E-state index in [1.807, 2.05) is 67.0 Å². The molecule has 6 heteroatoms. The number of imidazole rings is 1. The third-order valence-electron chi connectivity index (χ3n) is 4.43. The Kier molecular flexibility index (Phi) is 5.22. The zero-order valence-corrected chi connectivity index (χ0v) is 16.3. The summed E-state index contributed by atoms with van der Waals surface area (Å²) in [6.45, 7) is 0.462. The first-order chi connectivity index (χ1) is 12.7. The number of amides is 1. The van der Waals surface area contributed by atoms with Crippen molar-refractivity contribution in [1.29, 1.82) is 0 Å². The van der Waals surface area contributed by atoms with Gasteiger partial charge in [-0.1, -0.05) is 24.3 Å². The van der Waals surface area contributed by atoms with Crippen LogP contribution in [0.2, 0.25) is 0 Å². The number of benzene rings is 2. The quantitative estimate of drug-likeness (QED) is 0.709. The van der Waals surface area contributed by atoms with Gasteiger partial charge in [0.25, 0.3) is 5.91 Å². The minimum atomic E-state index is 0.0148. The highest BCUT2D eigenvalue weighted by atomic mass is 32.2. The number of rotatable bonds is 4. The van der Waals surface area contributed by atoms with Crippen molar-refractivity contribution in [3.8, 4) is 0 Å².